The fourth-order valence-electron chi connectivity index (χ4n) is 5.33. The molecule has 3 heterocycles. The lowest BCUT2D eigenvalue weighted by Crippen LogP contribution is -2.75. The molecular weight excluding hydrogens is 400 g/mol. The number of urea groups is 1. The molecule has 2 saturated heterocycles. The number of aryl methyl sites for hydroxylation is 1. The van der Waals surface area contributed by atoms with E-state index in [0.717, 1.165) is 38.3 Å². The number of carbonyl (C=O) groups excluding carboxylic acids is 1. The fraction of sp³-hybridized carbons (Fsp3) is 0.591. The second kappa shape index (κ2) is 7.54. The maximum atomic E-state index is 13.3. The Hall–Kier alpha value is -2.12. The minimum Gasteiger partial charge on any atom is -0.314 e. The summed E-state index contributed by atoms with van der Waals surface area (Å²) in [5, 5.41) is 11.7. The molecule has 2 N–H and O–H groups in total. The largest absolute Gasteiger partial charge is 0.322 e. The number of fused-ring (bicyclic) bond motifs is 2. The molecule has 7 nitrogen and oxygen atoms in total. The van der Waals surface area contributed by atoms with Crippen LogP contribution in [0.15, 0.2) is 24.5 Å². The van der Waals surface area contributed by atoms with Crippen LogP contribution in [0, 0.1) is 11.8 Å². The summed E-state index contributed by atoms with van der Waals surface area (Å²) in [6.07, 6.45) is 7.57. The van der Waals surface area contributed by atoms with Gasteiger partial charge in [0, 0.05) is 30.9 Å². The molecule has 30 heavy (non-hydrogen) atoms. The van der Waals surface area contributed by atoms with Crippen LogP contribution in [0.25, 0.3) is 11.4 Å². The van der Waals surface area contributed by atoms with Gasteiger partial charge in [-0.15, -0.1) is 0 Å². The monoisotopic (exact) mass is 428 g/mol. The number of halogens is 1. The van der Waals surface area contributed by atoms with Gasteiger partial charge in [0.15, 0.2) is 5.82 Å². The first-order valence-electron chi connectivity index (χ1n) is 10.9. The molecule has 0 radical (unpaired) electrons. The first kappa shape index (κ1) is 19.8. The van der Waals surface area contributed by atoms with Crippen molar-refractivity contribution in [2.75, 3.05) is 18.4 Å². The van der Waals surface area contributed by atoms with E-state index in [4.69, 9.17) is 11.6 Å². The number of carbonyl (C=O) groups is 1. The average Bonchev–Trinajstić information content (AvgIpc) is 3.41. The van der Waals surface area contributed by atoms with Crippen molar-refractivity contribution in [3.8, 4) is 11.4 Å². The Morgan fingerprint density at radius 2 is 2.17 bits per heavy atom. The first-order chi connectivity index (χ1) is 14.4. The number of anilines is 1. The number of hydrogen-bond acceptors (Lipinski definition) is 4. The molecule has 4 aliphatic rings. The summed E-state index contributed by atoms with van der Waals surface area (Å²) in [7, 11) is 1.82. The highest BCUT2D eigenvalue weighted by Crippen LogP contribution is 2.49. The van der Waals surface area contributed by atoms with Crippen molar-refractivity contribution in [1.82, 2.24) is 25.0 Å². The normalized spacial score (nSPS) is 27.6. The van der Waals surface area contributed by atoms with E-state index in [1.54, 1.807) is 17.1 Å². The van der Waals surface area contributed by atoms with E-state index in [9.17, 15) is 4.79 Å². The van der Waals surface area contributed by atoms with Gasteiger partial charge in [0.2, 0.25) is 0 Å². The lowest BCUT2D eigenvalue weighted by atomic mass is 9.64. The van der Waals surface area contributed by atoms with Crippen LogP contribution in [0.1, 0.15) is 39.0 Å². The number of nitrogens with one attached hydrogen (secondary N) is 2. The van der Waals surface area contributed by atoms with E-state index in [2.05, 4.69) is 32.5 Å². The summed E-state index contributed by atoms with van der Waals surface area (Å²) in [6, 6.07) is 5.79. The minimum absolute atomic E-state index is 0.0198. The minimum atomic E-state index is -0.0564. The molecule has 2 bridgehead atoms. The highest BCUT2D eigenvalue weighted by molar-refractivity contribution is 6.33. The second-order valence-electron chi connectivity index (χ2n) is 9.44. The molecule has 2 aliphatic heterocycles. The van der Waals surface area contributed by atoms with Crippen LogP contribution in [0.3, 0.4) is 0 Å². The molecule has 4 fully saturated rings. The lowest BCUT2D eigenvalue weighted by molar-refractivity contribution is -0.0876. The van der Waals surface area contributed by atoms with Crippen molar-refractivity contribution < 1.29 is 4.79 Å². The molecule has 2 aliphatic carbocycles. The third kappa shape index (κ3) is 3.69. The van der Waals surface area contributed by atoms with Crippen molar-refractivity contribution in [2.24, 2.45) is 18.9 Å². The summed E-state index contributed by atoms with van der Waals surface area (Å²) in [4.78, 5) is 19.7. The Bertz CT molecular complexity index is 957. The summed E-state index contributed by atoms with van der Waals surface area (Å²) < 4.78 is 1.64. The maximum absolute atomic E-state index is 13.3. The highest BCUT2D eigenvalue weighted by atomic mass is 35.5. The Kier molecular flexibility index (Phi) is 4.98. The molecular formula is C22H29ClN6O. The van der Waals surface area contributed by atoms with Crippen LogP contribution in [0.2, 0.25) is 5.02 Å². The maximum Gasteiger partial charge on any atom is 0.322 e. The van der Waals surface area contributed by atoms with Crippen LogP contribution in [0.4, 0.5) is 10.5 Å². The fourth-order valence-corrected chi connectivity index (χ4v) is 5.53. The van der Waals surface area contributed by atoms with Crippen LogP contribution < -0.4 is 10.6 Å². The van der Waals surface area contributed by atoms with E-state index in [-0.39, 0.29) is 11.6 Å². The Morgan fingerprint density at radius 3 is 2.90 bits per heavy atom. The van der Waals surface area contributed by atoms with Crippen molar-refractivity contribution in [2.45, 2.75) is 50.6 Å². The predicted molar refractivity (Wildman–Crippen MR) is 117 cm³/mol. The van der Waals surface area contributed by atoms with Gasteiger partial charge in [-0.3, -0.25) is 4.68 Å². The number of nitrogens with zero attached hydrogens (tertiary/aromatic N) is 4. The number of benzene rings is 1. The van der Waals surface area contributed by atoms with Gasteiger partial charge in [0.05, 0.1) is 10.6 Å². The van der Waals surface area contributed by atoms with Gasteiger partial charge in [-0.2, -0.15) is 5.10 Å². The molecule has 3 atom stereocenters. The molecule has 6 rings (SSSR count). The predicted octanol–water partition coefficient (Wildman–Crippen LogP) is 3.91. The SMILES string of the molecule is C[C@H]1CC2CC(CNCC3CC3)(C1)N2C(=O)Nc1ccc(Cl)c(-c2ncn(C)n2)c1. The van der Waals surface area contributed by atoms with Gasteiger partial charge >= 0.3 is 6.03 Å². The van der Waals surface area contributed by atoms with Crippen molar-refractivity contribution in [3.05, 3.63) is 29.5 Å². The number of hydrogen-bond donors (Lipinski definition) is 2. The van der Waals surface area contributed by atoms with Gasteiger partial charge in [-0.05, 0) is 68.7 Å². The van der Waals surface area contributed by atoms with Crippen LogP contribution in [0.5, 0.6) is 0 Å². The van der Waals surface area contributed by atoms with Crippen molar-refractivity contribution in [1.29, 1.82) is 0 Å². The van der Waals surface area contributed by atoms with Gasteiger partial charge in [0.25, 0.3) is 0 Å². The number of amides is 2. The summed E-state index contributed by atoms with van der Waals surface area (Å²) in [6.45, 7) is 4.28. The summed E-state index contributed by atoms with van der Waals surface area (Å²) >= 11 is 6.36. The van der Waals surface area contributed by atoms with Crippen molar-refractivity contribution >= 4 is 23.3 Å². The molecule has 0 spiro atoms. The molecule has 160 valence electrons. The molecule has 2 aromatic rings. The third-order valence-electron chi connectivity index (χ3n) is 6.76. The third-order valence-corrected chi connectivity index (χ3v) is 7.09. The zero-order valence-corrected chi connectivity index (χ0v) is 18.3. The van der Waals surface area contributed by atoms with Gasteiger partial charge in [-0.25, -0.2) is 9.78 Å². The molecule has 8 heteroatoms. The standard InChI is InChI=1S/C22H29ClN6O/c1-14-7-17-10-22(9-14,12-24-11-15-3-4-15)29(17)21(30)26-16-5-6-19(23)18(8-16)20-25-13-28(2)27-20/h5-6,8,13-15,17,24H,3-4,7,9-12H2,1-2H3,(H,26,30)/t14-,17?,22?/m0/s1. The van der Waals surface area contributed by atoms with E-state index in [1.165, 1.54) is 12.8 Å². The van der Waals surface area contributed by atoms with E-state index in [1.807, 2.05) is 19.2 Å². The zero-order valence-electron chi connectivity index (χ0n) is 17.6. The number of rotatable bonds is 6. The Labute approximate surface area is 182 Å². The van der Waals surface area contributed by atoms with Crippen molar-refractivity contribution in [3.63, 3.8) is 0 Å². The highest BCUT2D eigenvalue weighted by Gasteiger charge is 2.57. The molecule has 1 aromatic heterocycles. The van der Waals surface area contributed by atoms with Crippen LogP contribution >= 0.6 is 11.6 Å². The molecule has 1 aromatic carbocycles. The molecule has 2 unspecified atom stereocenters. The van der Waals surface area contributed by atoms with Gasteiger partial charge in [0.1, 0.15) is 6.33 Å². The van der Waals surface area contributed by atoms with Gasteiger partial charge in [-0.1, -0.05) is 18.5 Å². The van der Waals surface area contributed by atoms with E-state index in [0.29, 0.717) is 34.1 Å². The zero-order chi connectivity index (χ0) is 20.9. The average molecular weight is 429 g/mol. The molecule has 2 amide bonds. The number of aromatic nitrogens is 3. The smallest absolute Gasteiger partial charge is 0.314 e. The van der Waals surface area contributed by atoms with Gasteiger partial charge < -0.3 is 15.5 Å². The summed E-state index contributed by atoms with van der Waals surface area (Å²) in [5.74, 6) is 2.05. The van der Waals surface area contributed by atoms with Crippen LogP contribution in [-0.4, -0.2) is 50.4 Å². The Balaban J connectivity index is 1.31. The lowest BCUT2D eigenvalue weighted by Gasteiger charge is -2.63. The quantitative estimate of drug-likeness (QED) is 0.731. The van der Waals surface area contributed by atoms with E-state index >= 15 is 0 Å². The Morgan fingerprint density at radius 1 is 1.33 bits per heavy atom. The number of piperidine rings is 1. The van der Waals surface area contributed by atoms with E-state index < -0.39 is 0 Å². The second-order valence-corrected chi connectivity index (χ2v) is 9.85. The van der Waals surface area contributed by atoms with Crippen LogP contribution in [-0.2, 0) is 7.05 Å². The molecule has 2 saturated carbocycles. The first-order valence-corrected chi connectivity index (χ1v) is 11.3. The topological polar surface area (TPSA) is 75.1 Å². The summed E-state index contributed by atoms with van der Waals surface area (Å²) in [5.41, 5.74) is 1.37.